The summed E-state index contributed by atoms with van der Waals surface area (Å²) in [6.07, 6.45) is 3.05. The van der Waals surface area contributed by atoms with Crippen molar-refractivity contribution in [2.75, 3.05) is 23.0 Å². The summed E-state index contributed by atoms with van der Waals surface area (Å²) in [5.74, 6) is 0.0560. The number of carbonyl (C=O) groups is 1. The van der Waals surface area contributed by atoms with Gasteiger partial charge in [-0.2, -0.15) is 16.9 Å². The minimum Gasteiger partial charge on any atom is -0.310 e. The predicted octanol–water partition coefficient (Wildman–Crippen LogP) is 3.32. The second kappa shape index (κ2) is 8.77. The number of alkyl halides is 2. The normalized spacial score (nSPS) is 11.0. The van der Waals surface area contributed by atoms with Crippen molar-refractivity contribution in [1.82, 2.24) is 14.8 Å². The summed E-state index contributed by atoms with van der Waals surface area (Å²) in [5, 5.41) is 4.43. The van der Waals surface area contributed by atoms with Gasteiger partial charge >= 0.3 is 0 Å². The number of carbonyl (C=O) groups excluding carboxylic acids is 1. The lowest BCUT2D eigenvalue weighted by atomic mass is 10.3. The molecule has 2 rings (SSSR count). The highest BCUT2D eigenvalue weighted by Gasteiger charge is 2.19. The summed E-state index contributed by atoms with van der Waals surface area (Å²) in [6.45, 7) is 4.21. The van der Waals surface area contributed by atoms with Crippen LogP contribution in [0.5, 0.6) is 0 Å². The van der Waals surface area contributed by atoms with Crippen molar-refractivity contribution in [2.45, 2.75) is 26.7 Å². The SMILES string of the molecule is CCN(C(=O)CCSCC(F)F)c1cn(-c2cccnc2)nc1C. The molecule has 2 aromatic rings. The van der Waals surface area contributed by atoms with Crippen LogP contribution in [0.15, 0.2) is 30.7 Å². The van der Waals surface area contributed by atoms with Crippen LogP contribution in [0.4, 0.5) is 14.5 Å². The maximum Gasteiger partial charge on any atom is 0.247 e. The molecule has 0 aliphatic rings. The molecule has 2 aromatic heterocycles. The standard InChI is InChI=1S/C16H20F2N4OS/c1-3-21(16(23)6-8-24-11-15(17)18)14-10-22(20-12(14)2)13-5-4-7-19-9-13/h4-5,7,9-10,15H,3,6,8,11H2,1-2H3. The number of nitrogens with zero attached hydrogens (tertiary/aromatic N) is 4. The van der Waals surface area contributed by atoms with E-state index >= 15 is 0 Å². The van der Waals surface area contributed by atoms with E-state index in [-0.39, 0.29) is 18.1 Å². The van der Waals surface area contributed by atoms with E-state index in [2.05, 4.69) is 10.1 Å². The zero-order valence-electron chi connectivity index (χ0n) is 13.7. The molecule has 0 radical (unpaired) electrons. The first kappa shape index (κ1) is 18.4. The summed E-state index contributed by atoms with van der Waals surface area (Å²) >= 11 is 1.09. The number of amides is 1. The van der Waals surface area contributed by atoms with Crippen molar-refractivity contribution in [3.63, 3.8) is 0 Å². The first-order chi connectivity index (χ1) is 11.5. The number of halogens is 2. The molecular formula is C16H20F2N4OS. The van der Waals surface area contributed by atoms with Crippen LogP contribution in [0.2, 0.25) is 0 Å². The molecular weight excluding hydrogens is 334 g/mol. The van der Waals surface area contributed by atoms with Crippen molar-refractivity contribution in [1.29, 1.82) is 0 Å². The van der Waals surface area contributed by atoms with Gasteiger partial charge in [-0.1, -0.05) is 0 Å². The first-order valence-electron chi connectivity index (χ1n) is 7.65. The third-order valence-electron chi connectivity index (χ3n) is 3.40. The minimum absolute atomic E-state index is 0.0897. The van der Waals surface area contributed by atoms with Gasteiger partial charge in [-0.05, 0) is 26.0 Å². The van der Waals surface area contributed by atoms with E-state index in [1.807, 2.05) is 26.0 Å². The Labute approximate surface area is 144 Å². The lowest BCUT2D eigenvalue weighted by molar-refractivity contribution is -0.118. The molecule has 5 nitrogen and oxygen atoms in total. The molecule has 0 atom stereocenters. The van der Waals surface area contributed by atoms with Gasteiger partial charge < -0.3 is 4.90 Å². The largest absolute Gasteiger partial charge is 0.310 e. The van der Waals surface area contributed by atoms with Crippen LogP contribution in [-0.2, 0) is 4.79 Å². The van der Waals surface area contributed by atoms with Gasteiger partial charge in [0.25, 0.3) is 0 Å². The predicted molar refractivity (Wildman–Crippen MR) is 92.1 cm³/mol. The monoisotopic (exact) mass is 354 g/mol. The molecule has 0 spiro atoms. The summed E-state index contributed by atoms with van der Waals surface area (Å²) in [5.41, 5.74) is 2.27. The van der Waals surface area contributed by atoms with Crippen LogP contribution in [0, 0.1) is 6.92 Å². The Morgan fingerprint density at radius 2 is 2.25 bits per heavy atom. The Kier molecular flexibility index (Phi) is 6.72. The Hall–Kier alpha value is -1.96. The summed E-state index contributed by atoms with van der Waals surface area (Å²) in [7, 11) is 0. The van der Waals surface area contributed by atoms with Gasteiger partial charge in [0, 0.05) is 24.9 Å². The fourth-order valence-electron chi connectivity index (χ4n) is 2.29. The fourth-order valence-corrected chi connectivity index (χ4v) is 2.95. The molecule has 24 heavy (non-hydrogen) atoms. The van der Waals surface area contributed by atoms with Gasteiger partial charge in [0.1, 0.15) is 0 Å². The van der Waals surface area contributed by atoms with Gasteiger partial charge in [0.15, 0.2) is 0 Å². The molecule has 8 heteroatoms. The Bertz CT molecular complexity index is 663. The molecule has 0 aliphatic heterocycles. The molecule has 0 bridgehead atoms. The zero-order chi connectivity index (χ0) is 17.5. The highest BCUT2D eigenvalue weighted by molar-refractivity contribution is 7.99. The van der Waals surface area contributed by atoms with E-state index in [9.17, 15) is 13.6 Å². The molecule has 130 valence electrons. The Morgan fingerprint density at radius 3 is 2.88 bits per heavy atom. The molecule has 0 aromatic carbocycles. The van der Waals surface area contributed by atoms with Gasteiger partial charge in [-0.15, -0.1) is 0 Å². The summed E-state index contributed by atoms with van der Waals surface area (Å²) in [6, 6.07) is 3.69. The van der Waals surface area contributed by atoms with E-state index in [0.29, 0.717) is 12.3 Å². The van der Waals surface area contributed by atoms with Crippen molar-refractivity contribution in [2.24, 2.45) is 0 Å². The van der Waals surface area contributed by atoms with E-state index in [1.165, 1.54) is 0 Å². The average Bonchev–Trinajstić information content (AvgIpc) is 2.95. The Balaban J connectivity index is 2.07. The van der Waals surface area contributed by atoms with Crippen molar-refractivity contribution in [3.8, 4) is 5.69 Å². The molecule has 0 saturated heterocycles. The number of hydrogen-bond donors (Lipinski definition) is 0. The first-order valence-corrected chi connectivity index (χ1v) is 8.81. The number of aryl methyl sites for hydroxylation is 1. The summed E-state index contributed by atoms with van der Waals surface area (Å²) in [4.78, 5) is 18.1. The fraction of sp³-hybridized carbons (Fsp3) is 0.438. The molecule has 0 aliphatic carbocycles. The van der Waals surface area contributed by atoms with Crippen LogP contribution in [0.3, 0.4) is 0 Å². The molecule has 0 unspecified atom stereocenters. The van der Waals surface area contributed by atoms with Gasteiger partial charge in [-0.25, -0.2) is 13.5 Å². The molecule has 2 heterocycles. The van der Waals surface area contributed by atoms with Crippen LogP contribution in [-0.4, -0.2) is 45.1 Å². The number of hydrogen-bond acceptors (Lipinski definition) is 4. The maximum absolute atomic E-state index is 12.4. The van der Waals surface area contributed by atoms with Crippen LogP contribution in [0.25, 0.3) is 5.69 Å². The lowest BCUT2D eigenvalue weighted by Gasteiger charge is -2.20. The third kappa shape index (κ3) is 4.77. The number of thioether (sulfide) groups is 1. The van der Waals surface area contributed by atoms with Crippen LogP contribution >= 0.6 is 11.8 Å². The number of rotatable bonds is 8. The smallest absolute Gasteiger partial charge is 0.247 e. The van der Waals surface area contributed by atoms with Gasteiger partial charge in [0.05, 0.1) is 35.2 Å². The van der Waals surface area contributed by atoms with Crippen molar-refractivity contribution < 1.29 is 13.6 Å². The highest BCUT2D eigenvalue weighted by atomic mass is 32.2. The molecule has 0 fully saturated rings. The number of anilines is 1. The molecule has 1 amide bonds. The van der Waals surface area contributed by atoms with Crippen LogP contribution in [0.1, 0.15) is 19.0 Å². The maximum atomic E-state index is 12.4. The third-order valence-corrected chi connectivity index (χ3v) is 4.38. The molecule has 0 N–H and O–H groups in total. The quantitative estimate of drug-likeness (QED) is 0.683. The number of aromatic nitrogens is 3. The van der Waals surface area contributed by atoms with Gasteiger partial charge in [0.2, 0.25) is 12.3 Å². The second-order valence-electron chi connectivity index (χ2n) is 5.11. The second-order valence-corrected chi connectivity index (χ2v) is 6.26. The lowest BCUT2D eigenvalue weighted by Crippen LogP contribution is -2.31. The zero-order valence-corrected chi connectivity index (χ0v) is 14.5. The topological polar surface area (TPSA) is 51.0 Å². The van der Waals surface area contributed by atoms with E-state index < -0.39 is 6.43 Å². The van der Waals surface area contributed by atoms with E-state index in [1.54, 1.807) is 28.2 Å². The van der Waals surface area contributed by atoms with Crippen molar-refractivity contribution in [3.05, 3.63) is 36.4 Å². The number of pyridine rings is 1. The highest BCUT2D eigenvalue weighted by Crippen LogP contribution is 2.22. The summed E-state index contributed by atoms with van der Waals surface area (Å²) < 4.78 is 25.9. The average molecular weight is 354 g/mol. The molecule has 0 saturated carbocycles. The minimum atomic E-state index is -2.34. The van der Waals surface area contributed by atoms with Gasteiger partial charge in [-0.3, -0.25) is 9.78 Å². The van der Waals surface area contributed by atoms with Crippen LogP contribution < -0.4 is 4.90 Å². The van der Waals surface area contributed by atoms with E-state index in [0.717, 1.165) is 28.8 Å². The Morgan fingerprint density at radius 1 is 1.46 bits per heavy atom. The van der Waals surface area contributed by atoms with E-state index in [4.69, 9.17) is 0 Å². The van der Waals surface area contributed by atoms with Crippen molar-refractivity contribution >= 4 is 23.4 Å².